The van der Waals surface area contributed by atoms with E-state index in [2.05, 4.69) is 9.84 Å². The van der Waals surface area contributed by atoms with E-state index < -0.39 is 5.97 Å². The largest absolute Gasteiger partial charge is 0.465 e. The summed E-state index contributed by atoms with van der Waals surface area (Å²) in [6.45, 7) is 0.373. The molecule has 0 spiro atoms. The maximum atomic E-state index is 11.4. The Bertz CT molecular complexity index is 622. The number of aldehydes is 1. The number of carbonyl (C=O) groups is 2. The number of halogens is 1. The fourth-order valence-electron chi connectivity index (χ4n) is 1.64. The monoisotopic (exact) mass is 278 g/mol. The Hall–Kier alpha value is -2.14. The molecule has 0 unspecified atom stereocenters. The summed E-state index contributed by atoms with van der Waals surface area (Å²) in [6.07, 6.45) is 3.79. The minimum absolute atomic E-state index is 0.373. The predicted molar refractivity (Wildman–Crippen MR) is 69.5 cm³/mol. The molecule has 0 bridgehead atoms. The van der Waals surface area contributed by atoms with Gasteiger partial charge in [-0.05, 0) is 23.8 Å². The average Bonchev–Trinajstić information content (AvgIpc) is 2.88. The Labute approximate surface area is 114 Å². The molecule has 0 saturated heterocycles. The molecule has 98 valence electrons. The molecule has 5 nitrogen and oxygen atoms in total. The van der Waals surface area contributed by atoms with Crippen LogP contribution in [0.25, 0.3) is 0 Å². The van der Waals surface area contributed by atoms with Crippen molar-refractivity contribution in [1.29, 1.82) is 0 Å². The van der Waals surface area contributed by atoms with Crippen LogP contribution >= 0.6 is 11.6 Å². The number of benzene rings is 1. The zero-order chi connectivity index (χ0) is 13.8. The van der Waals surface area contributed by atoms with Crippen molar-refractivity contribution in [3.8, 4) is 0 Å². The van der Waals surface area contributed by atoms with Gasteiger partial charge in [0, 0.05) is 11.2 Å². The third kappa shape index (κ3) is 3.00. The fraction of sp³-hybridized carbons (Fsp3) is 0.154. The molecule has 0 radical (unpaired) electrons. The van der Waals surface area contributed by atoms with Crippen LogP contribution in [0.1, 0.15) is 26.3 Å². The lowest BCUT2D eigenvalue weighted by Gasteiger charge is -2.07. The highest BCUT2D eigenvalue weighted by molar-refractivity contribution is 6.31. The molecule has 0 aliphatic heterocycles. The molecule has 0 saturated carbocycles. The minimum atomic E-state index is -0.424. The van der Waals surface area contributed by atoms with E-state index in [1.165, 1.54) is 13.3 Å². The summed E-state index contributed by atoms with van der Waals surface area (Å²) < 4.78 is 6.23. The third-order valence-electron chi connectivity index (χ3n) is 2.59. The van der Waals surface area contributed by atoms with E-state index in [0.29, 0.717) is 22.7 Å². The lowest BCUT2D eigenvalue weighted by Crippen LogP contribution is -2.05. The molecule has 2 aromatic rings. The van der Waals surface area contributed by atoms with Crippen LogP contribution in [0.4, 0.5) is 0 Å². The van der Waals surface area contributed by atoms with Gasteiger partial charge in [-0.1, -0.05) is 11.6 Å². The lowest BCUT2D eigenvalue weighted by molar-refractivity contribution is 0.0600. The summed E-state index contributed by atoms with van der Waals surface area (Å²) in [5.74, 6) is -0.424. The standard InChI is InChI=1S/C13H11ClN2O3/c1-19-13(18)10-2-3-12(14)11(4-10)7-16-6-9(8-17)5-15-16/h2-6,8H,7H2,1H3. The number of hydrogen-bond donors (Lipinski definition) is 0. The number of aromatic nitrogens is 2. The molecule has 6 heteroatoms. The molecule has 0 fully saturated rings. The topological polar surface area (TPSA) is 61.2 Å². The summed E-state index contributed by atoms with van der Waals surface area (Å²) in [5.41, 5.74) is 1.63. The summed E-state index contributed by atoms with van der Waals surface area (Å²) in [5, 5.41) is 4.55. The molecule has 0 amide bonds. The number of carbonyl (C=O) groups excluding carboxylic acids is 2. The molecule has 1 heterocycles. The summed E-state index contributed by atoms with van der Waals surface area (Å²) in [6, 6.07) is 4.88. The van der Waals surface area contributed by atoms with Gasteiger partial charge >= 0.3 is 5.97 Å². The molecule has 1 aromatic heterocycles. The first-order valence-corrected chi connectivity index (χ1v) is 5.86. The second kappa shape index (κ2) is 5.67. The van der Waals surface area contributed by atoms with E-state index in [-0.39, 0.29) is 0 Å². The fourth-order valence-corrected chi connectivity index (χ4v) is 1.82. The molecular weight excluding hydrogens is 268 g/mol. The normalized spacial score (nSPS) is 10.2. The Morgan fingerprint density at radius 1 is 1.53 bits per heavy atom. The molecule has 0 atom stereocenters. The second-order valence-electron chi connectivity index (χ2n) is 3.89. The highest BCUT2D eigenvalue weighted by Crippen LogP contribution is 2.19. The van der Waals surface area contributed by atoms with E-state index in [4.69, 9.17) is 11.6 Å². The SMILES string of the molecule is COC(=O)c1ccc(Cl)c(Cn2cc(C=O)cn2)c1. The van der Waals surface area contributed by atoms with Crippen LogP contribution in [-0.2, 0) is 11.3 Å². The Morgan fingerprint density at radius 2 is 2.32 bits per heavy atom. The number of hydrogen-bond acceptors (Lipinski definition) is 4. The summed E-state index contributed by atoms with van der Waals surface area (Å²) >= 11 is 6.07. The zero-order valence-electron chi connectivity index (χ0n) is 10.2. The van der Waals surface area contributed by atoms with E-state index >= 15 is 0 Å². The van der Waals surface area contributed by atoms with E-state index in [1.54, 1.807) is 29.1 Å². The van der Waals surface area contributed by atoms with Crippen molar-refractivity contribution in [2.75, 3.05) is 7.11 Å². The van der Waals surface area contributed by atoms with Crippen LogP contribution in [0.5, 0.6) is 0 Å². The average molecular weight is 279 g/mol. The summed E-state index contributed by atoms with van der Waals surface area (Å²) in [4.78, 5) is 22.0. The smallest absolute Gasteiger partial charge is 0.337 e. The second-order valence-corrected chi connectivity index (χ2v) is 4.29. The predicted octanol–water partition coefficient (Wildman–Crippen LogP) is 2.18. The molecule has 1 aromatic carbocycles. The quantitative estimate of drug-likeness (QED) is 0.635. The molecule has 19 heavy (non-hydrogen) atoms. The first-order chi connectivity index (χ1) is 9.13. The van der Waals surface area contributed by atoms with Crippen LogP contribution in [-0.4, -0.2) is 29.1 Å². The maximum Gasteiger partial charge on any atom is 0.337 e. The van der Waals surface area contributed by atoms with Gasteiger partial charge in [0.1, 0.15) is 0 Å². The molecule has 0 N–H and O–H groups in total. The van der Waals surface area contributed by atoms with Gasteiger partial charge in [0.25, 0.3) is 0 Å². The van der Waals surface area contributed by atoms with Gasteiger partial charge in [0.05, 0.1) is 31.0 Å². The zero-order valence-corrected chi connectivity index (χ0v) is 10.9. The van der Waals surface area contributed by atoms with Gasteiger partial charge in [-0.3, -0.25) is 9.48 Å². The maximum absolute atomic E-state index is 11.4. The lowest BCUT2D eigenvalue weighted by atomic mass is 10.1. The van der Waals surface area contributed by atoms with Gasteiger partial charge < -0.3 is 4.74 Å². The Kier molecular flexibility index (Phi) is 3.97. The number of nitrogens with zero attached hydrogens (tertiary/aromatic N) is 2. The molecule has 0 aliphatic carbocycles. The van der Waals surface area contributed by atoms with Crippen LogP contribution in [0.15, 0.2) is 30.6 Å². The van der Waals surface area contributed by atoms with Crippen molar-refractivity contribution in [1.82, 2.24) is 9.78 Å². The summed E-state index contributed by atoms with van der Waals surface area (Å²) in [7, 11) is 1.32. The van der Waals surface area contributed by atoms with Crippen LogP contribution in [0.3, 0.4) is 0 Å². The highest BCUT2D eigenvalue weighted by atomic mass is 35.5. The van der Waals surface area contributed by atoms with E-state index in [0.717, 1.165) is 11.8 Å². The Balaban J connectivity index is 2.28. The number of rotatable bonds is 4. The first-order valence-electron chi connectivity index (χ1n) is 5.48. The van der Waals surface area contributed by atoms with Gasteiger partial charge in [-0.15, -0.1) is 0 Å². The number of esters is 1. The van der Waals surface area contributed by atoms with Gasteiger partial charge in [-0.25, -0.2) is 4.79 Å². The van der Waals surface area contributed by atoms with E-state index in [9.17, 15) is 9.59 Å². The minimum Gasteiger partial charge on any atom is -0.465 e. The molecule has 2 rings (SSSR count). The molecular formula is C13H11ClN2O3. The van der Waals surface area contributed by atoms with Crippen molar-refractivity contribution in [2.45, 2.75) is 6.54 Å². The van der Waals surface area contributed by atoms with Crippen molar-refractivity contribution in [3.63, 3.8) is 0 Å². The first kappa shape index (κ1) is 13.3. The number of methoxy groups -OCH3 is 1. The number of ether oxygens (including phenoxy) is 1. The van der Waals surface area contributed by atoms with Gasteiger partial charge in [0.15, 0.2) is 6.29 Å². The van der Waals surface area contributed by atoms with Crippen LogP contribution < -0.4 is 0 Å². The third-order valence-corrected chi connectivity index (χ3v) is 2.96. The highest BCUT2D eigenvalue weighted by Gasteiger charge is 2.09. The van der Waals surface area contributed by atoms with Crippen molar-refractivity contribution in [2.24, 2.45) is 0 Å². The van der Waals surface area contributed by atoms with E-state index in [1.807, 2.05) is 0 Å². The van der Waals surface area contributed by atoms with Crippen LogP contribution in [0, 0.1) is 0 Å². The van der Waals surface area contributed by atoms with Crippen molar-refractivity contribution >= 4 is 23.9 Å². The van der Waals surface area contributed by atoms with Crippen molar-refractivity contribution in [3.05, 3.63) is 52.3 Å². The van der Waals surface area contributed by atoms with Gasteiger partial charge in [-0.2, -0.15) is 5.10 Å². The van der Waals surface area contributed by atoms with Crippen molar-refractivity contribution < 1.29 is 14.3 Å². The van der Waals surface area contributed by atoms with Gasteiger partial charge in [0.2, 0.25) is 0 Å². The Morgan fingerprint density at radius 3 is 2.95 bits per heavy atom. The van der Waals surface area contributed by atoms with Crippen LogP contribution in [0.2, 0.25) is 5.02 Å². The molecule has 0 aliphatic rings.